The number of benzene rings is 1. The van der Waals surface area contributed by atoms with E-state index in [-0.39, 0.29) is 11.9 Å². The third kappa shape index (κ3) is 4.39. The van der Waals surface area contributed by atoms with Crippen molar-refractivity contribution < 1.29 is 22.6 Å². The molecule has 3 nitrogen and oxygen atoms in total. The van der Waals surface area contributed by atoms with Gasteiger partial charge in [0.2, 0.25) is 0 Å². The van der Waals surface area contributed by atoms with Crippen LogP contribution in [-0.4, -0.2) is 19.0 Å². The summed E-state index contributed by atoms with van der Waals surface area (Å²) in [6, 6.07) is 5.17. The smallest absolute Gasteiger partial charge is 0.489 e. The monoisotopic (exact) mass is 235 g/mol. The molecule has 1 aromatic rings. The van der Waals surface area contributed by atoms with E-state index >= 15 is 0 Å². The minimum atomic E-state index is -4.67. The summed E-state index contributed by atoms with van der Waals surface area (Å²) in [5.74, 6) is 0.174. The van der Waals surface area contributed by atoms with Gasteiger partial charge in [-0.25, -0.2) is 0 Å². The van der Waals surface area contributed by atoms with Crippen LogP contribution >= 0.6 is 0 Å². The SMILES string of the molecule is CC(CN)Oc1ccc(OC(F)(F)F)cc1. The third-order valence-electron chi connectivity index (χ3n) is 1.73. The maximum Gasteiger partial charge on any atom is 0.573 e. The standard InChI is InChI=1S/C10H12F3NO2/c1-7(6-14)15-8-2-4-9(5-3-8)16-10(11,12)13/h2-5,7H,6,14H2,1H3. The number of halogens is 3. The fraction of sp³-hybridized carbons (Fsp3) is 0.400. The second kappa shape index (κ2) is 5.07. The molecule has 1 aromatic carbocycles. The van der Waals surface area contributed by atoms with E-state index in [0.717, 1.165) is 0 Å². The van der Waals surface area contributed by atoms with Crippen LogP contribution in [0.2, 0.25) is 0 Å². The van der Waals surface area contributed by atoms with Crippen molar-refractivity contribution in [3.05, 3.63) is 24.3 Å². The highest BCUT2D eigenvalue weighted by Gasteiger charge is 2.30. The second-order valence-electron chi connectivity index (χ2n) is 3.18. The molecule has 90 valence electrons. The van der Waals surface area contributed by atoms with Crippen molar-refractivity contribution >= 4 is 0 Å². The van der Waals surface area contributed by atoms with Crippen LogP contribution in [0.15, 0.2) is 24.3 Å². The van der Waals surface area contributed by atoms with Crippen molar-refractivity contribution in [3.63, 3.8) is 0 Å². The Hall–Kier alpha value is -1.43. The summed E-state index contributed by atoms with van der Waals surface area (Å²) in [6.07, 6.45) is -4.86. The van der Waals surface area contributed by atoms with Crippen LogP contribution in [0.1, 0.15) is 6.92 Å². The van der Waals surface area contributed by atoms with E-state index in [1.807, 2.05) is 0 Å². The summed E-state index contributed by atoms with van der Waals surface area (Å²) in [7, 11) is 0. The summed E-state index contributed by atoms with van der Waals surface area (Å²) in [4.78, 5) is 0. The highest BCUT2D eigenvalue weighted by molar-refractivity contribution is 5.31. The van der Waals surface area contributed by atoms with Crippen molar-refractivity contribution in [1.29, 1.82) is 0 Å². The molecule has 1 unspecified atom stereocenters. The Morgan fingerprint density at radius 3 is 2.12 bits per heavy atom. The molecule has 0 heterocycles. The van der Waals surface area contributed by atoms with Crippen LogP contribution in [0.3, 0.4) is 0 Å². The molecule has 0 fully saturated rings. The summed E-state index contributed by atoms with van der Waals surface area (Å²) >= 11 is 0. The molecular formula is C10H12F3NO2. The van der Waals surface area contributed by atoms with Crippen molar-refractivity contribution in [2.45, 2.75) is 19.4 Å². The molecule has 1 rings (SSSR count). The van der Waals surface area contributed by atoms with Crippen LogP contribution in [0.25, 0.3) is 0 Å². The van der Waals surface area contributed by atoms with Crippen molar-refractivity contribution in [1.82, 2.24) is 0 Å². The van der Waals surface area contributed by atoms with Gasteiger partial charge in [0.15, 0.2) is 0 Å². The predicted octanol–water partition coefficient (Wildman–Crippen LogP) is 2.31. The van der Waals surface area contributed by atoms with Crippen LogP contribution in [0.5, 0.6) is 11.5 Å². The molecular weight excluding hydrogens is 223 g/mol. The van der Waals surface area contributed by atoms with Gasteiger partial charge in [0.1, 0.15) is 17.6 Å². The van der Waals surface area contributed by atoms with E-state index in [1.54, 1.807) is 6.92 Å². The molecule has 2 N–H and O–H groups in total. The van der Waals surface area contributed by atoms with E-state index < -0.39 is 6.36 Å². The van der Waals surface area contributed by atoms with Crippen LogP contribution < -0.4 is 15.2 Å². The number of ether oxygens (including phenoxy) is 2. The first-order valence-corrected chi connectivity index (χ1v) is 4.63. The molecule has 0 radical (unpaired) electrons. The topological polar surface area (TPSA) is 44.5 Å². The fourth-order valence-corrected chi connectivity index (χ4v) is 1.00. The molecule has 0 aliphatic carbocycles. The van der Waals surface area contributed by atoms with Gasteiger partial charge in [0.25, 0.3) is 0 Å². The lowest BCUT2D eigenvalue weighted by Gasteiger charge is -2.13. The quantitative estimate of drug-likeness (QED) is 0.870. The molecule has 0 saturated carbocycles. The average Bonchev–Trinajstić information content (AvgIpc) is 2.18. The lowest BCUT2D eigenvalue weighted by molar-refractivity contribution is -0.274. The van der Waals surface area contributed by atoms with Crippen LogP contribution in [0.4, 0.5) is 13.2 Å². The number of hydrogen-bond donors (Lipinski definition) is 1. The number of alkyl halides is 3. The zero-order valence-corrected chi connectivity index (χ0v) is 8.62. The van der Waals surface area contributed by atoms with Gasteiger partial charge in [0.05, 0.1) is 0 Å². The number of hydrogen-bond acceptors (Lipinski definition) is 3. The molecule has 1 atom stereocenters. The number of nitrogens with two attached hydrogens (primary N) is 1. The Labute approximate surface area is 91.0 Å². The molecule has 16 heavy (non-hydrogen) atoms. The van der Waals surface area contributed by atoms with Gasteiger partial charge in [0, 0.05) is 6.54 Å². The summed E-state index contributed by atoms with van der Waals surface area (Å²) in [5, 5.41) is 0. The largest absolute Gasteiger partial charge is 0.573 e. The summed E-state index contributed by atoms with van der Waals surface area (Å²) in [6.45, 7) is 2.10. The first-order valence-electron chi connectivity index (χ1n) is 4.63. The molecule has 0 spiro atoms. The van der Waals surface area contributed by atoms with Gasteiger partial charge < -0.3 is 15.2 Å². The van der Waals surface area contributed by atoms with E-state index in [9.17, 15) is 13.2 Å². The molecule has 0 amide bonds. The summed E-state index contributed by atoms with van der Waals surface area (Å²) in [5.41, 5.74) is 5.33. The highest BCUT2D eigenvalue weighted by Crippen LogP contribution is 2.24. The van der Waals surface area contributed by atoms with E-state index in [1.165, 1.54) is 24.3 Å². The first kappa shape index (κ1) is 12.6. The Morgan fingerprint density at radius 1 is 1.19 bits per heavy atom. The van der Waals surface area contributed by atoms with Gasteiger partial charge in [-0.2, -0.15) is 0 Å². The Kier molecular flexibility index (Phi) is 4.00. The highest BCUT2D eigenvalue weighted by atomic mass is 19.4. The molecule has 0 aliphatic rings. The molecule has 0 aromatic heterocycles. The first-order chi connectivity index (χ1) is 7.40. The van der Waals surface area contributed by atoms with E-state index in [0.29, 0.717) is 12.3 Å². The maximum atomic E-state index is 11.8. The maximum absolute atomic E-state index is 11.8. The van der Waals surface area contributed by atoms with Crippen molar-refractivity contribution in [2.75, 3.05) is 6.54 Å². The Balaban J connectivity index is 2.61. The zero-order valence-electron chi connectivity index (χ0n) is 8.62. The van der Waals surface area contributed by atoms with E-state index in [2.05, 4.69) is 4.74 Å². The molecule has 0 saturated heterocycles. The lowest BCUT2D eigenvalue weighted by atomic mass is 10.3. The predicted molar refractivity (Wildman–Crippen MR) is 52.3 cm³/mol. The van der Waals surface area contributed by atoms with Crippen molar-refractivity contribution in [3.8, 4) is 11.5 Å². The minimum Gasteiger partial charge on any atom is -0.489 e. The molecule has 0 bridgehead atoms. The van der Waals surface area contributed by atoms with E-state index in [4.69, 9.17) is 10.5 Å². The molecule has 0 aliphatic heterocycles. The van der Waals surface area contributed by atoms with Gasteiger partial charge in [-0.3, -0.25) is 0 Å². The lowest BCUT2D eigenvalue weighted by Crippen LogP contribution is -2.22. The number of rotatable bonds is 4. The third-order valence-corrected chi connectivity index (χ3v) is 1.73. The van der Waals surface area contributed by atoms with Crippen molar-refractivity contribution in [2.24, 2.45) is 5.73 Å². The molecule has 6 heteroatoms. The second-order valence-corrected chi connectivity index (χ2v) is 3.18. The Morgan fingerprint density at radius 2 is 1.69 bits per heavy atom. The fourth-order valence-electron chi connectivity index (χ4n) is 1.00. The summed E-state index contributed by atoms with van der Waals surface area (Å²) < 4.78 is 44.5. The van der Waals surface area contributed by atoms with Crippen LogP contribution in [0, 0.1) is 0 Å². The van der Waals surface area contributed by atoms with Gasteiger partial charge >= 0.3 is 6.36 Å². The minimum absolute atomic E-state index is 0.186. The van der Waals surface area contributed by atoms with Crippen LogP contribution in [-0.2, 0) is 0 Å². The Bertz CT molecular complexity index is 324. The van der Waals surface area contributed by atoms with Gasteiger partial charge in [-0.1, -0.05) is 0 Å². The van der Waals surface area contributed by atoms with Gasteiger partial charge in [-0.15, -0.1) is 13.2 Å². The normalized spacial score (nSPS) is 13.3. The van der Waals surface area contributed by atoms with Gasteiger partial charge in [-0.05, 0) is 31.2 Å². The zero-order chi connectivity index (χ0) is 12.2. The average molecular weight is 235 g/mol.